The molecule has 3 rings (SSSR count). The third kappa shape index (κ3) is 11.7. The molecule has 0 bridgehead atoms. The normalized spacial score (nSPS) is 18.2. The number of hydrogen-bond donors (Lipinski definition) is 2. The van der Waals surface area contributed by atoms with Gasteiger partial charge in [-0.15, -0.1) is 0 Å². The quantitative estimate of drug-likeness (QED) is 0.202. The van der Waals surface area contributed by atoms with E-state index < -0.39 is 48.3 Å². The molecule has 4 atom stereocenters. The zero-order chi connectivity index (χ0) is 34.6. The van der Waals surface area contributed by atoms with Crippen LogP contribution in [-0.2, 0) is 44.3 Å². The Bertz CT molecular complexity index is 1400. The molecule has 2 aromatic carbocycles. The van der Waals surface area contributed by atoms with Crippen molar-refractivity contribution in [2.75, 3.05) is 54.0 Å². The second-order valence-electron chi connectivity index (χ2n) is 11.3. The van der Waals surface area contributed by atoms with Crippen molar-refractivity contribution in [2.45, 2.75) is 63.0 Å². The van der Waals surface area contributed by atoms with Crippen LogP contribution in [0.5, 0.6) is 11.5 Å². The molecule has 2 N–H and O–H groups in total. The largest absolute Gasteiger partial charge is 0.497 e. The van der Waals surface area contributed by atoms with Gasteiger partial charge in [-0.1, -0.05) is 26.0 Å². The van der Waals surface area contributed by atoms with Crippen LogP contribution in [-0.4, -0.2) is 102 Å². The SMILES string of the molecule is CCO[C@H]1C[C@@H](OC(=O)N[C@@H](Cc2ccc(OCP(=O)(OC)OC)cc2)[C@H](O)CN(CC(C)C)S(=O)(=O)c2ccc(OC)cc2)CO1. The molecule has 0 aliphatic carbocycles. The standard InChI is InChI=1S/C31H47N2O12PS/c1-7-42-30-17-26(20-43-30)45-31(35)32-28(16-23-8-10-25(11-9-23)44-21-46(36,40-5)41-6)29(34)19-33(18-22(2)3)47(37,38)27-14-12-24(39-4)13-15-27/h8-15,22,26,28-30,34H,7,16-21H2,1-6H3,(H,32,35)/t26-,28+,29-,30-/m1/s1. The minimum atomic E-state index is -4.03. The Labute approximate surface area is 277 Å². The topological polar surface area (TPSA) is 168 Å². The molecule has 1 aliphatic rings. The van der Waals surface area contributed by atoms with Crippen LogP contribution in [0.3, 0.4) is 0 Å². The lowest BCUT2D eigenvalue weighted by Crippen LogP contribution is -2.51. The van der Waals surface area contributed by atoms with Crippen molar-refractivity contribution < 1.29 is 55.6 Å². The van der Waals surface area contributed by atoms with E-state index >= 15 is 0 Å². The Morgan fingerprint density at radius 3 is 2.26 bits per heavy atom. The summed E-state index contributed by atoms with van der Waals surface area (Å²) >= 11 is 0. The maximum atomic E-state index is 13.7. The van der Waals surface area contributed by atoms with Gasteiger partial charge in [0.2, 0.25) is 10.0 Å². The molecule has 47 heavy (non-hydrogen) atoms. The van der Waals surface area contributed by atoms with Crippen molar-refractivity contribution in [3.63, 3.8) is 0 Å². The molecule has 264 valence electrons. The Morgan fingerprint density at radius 2 is 1.68 bits per heavy atom. The number of carbonyl (C=O) groups is 1. The number of rotatable bonds is 19. The van der Waals surface area contributed by atoms with Crippen molar-refractivity contribution in [1.29, 1.82) is 0 Å². The number of alkyl carbamates (subject to hydrolysis) is 1. The molecule has 2 aromatic rings. The summed E-state index contributed by atoms with van der Waals surface area (Å²) in [5.41, 5.74) is 0.692. The highest BCUT2D eigenvalue weighted by molar-refractivity contribution is 7.89. The van der Waals surface area contributed by atoms with E-state index in [0.29, 0.717) is 30.1 Å². The van der Waals surface area contributed by atoms with E-state index in [9.17, 15) is 22.9 Å². The summed E-state index contributed by atoms with van der Waals surface area (Å²) in [6.45, 7) is 6.01. The zero-order valence-electron chi connectivity index (χ0n) is 27.7. The molecule has 14 nitrogen and oxygen atoms in total. The van der Waals surface area contributed by atoms with E-state index in [1.165, 1.54) is 37.8 Å². The van der Waals surface area contributed by atoms with Gasteiger partial charge in [-0.05, 0) is 61.2 Å². The minimum absolute atomic E-state index is 0.0437. The van der Waals surface area contributed by atoms with E-state index in [0.717, 1.165) is 0 Å². The molecule has 1 amide bonds. The highest BCUT2D eigenvalue weighted by Crippen LogP contribution is 2.46. The summed E-state index contributed by atoms with van der Waals surface area (Å²) in [4.78, 5) is 13.1. The number of amides is 1. The Balaban J connectivity index is 1.81. The van der Waals surface area contributed by atoms with Crippen LogP contribution in [0.4, 0.5) is 4.79 Å². The van der Waals surface area contributed by atoms with Crippen molar-refractivity contribution in [3.8, 4) is 11.5 Å². The van der Waals surface area contributed by atoms with E-state index in [1.807, 2.05) is 20.8 Å². The van der Waals surface area contributed by atoms with Crippen molar-refractivity contribution in [2.24, 2.45) is 5.92 Å². The number of hydrogen-bond acceptors (Lipinski definition) is 12. The molecule has 1 saturated heterocycles. The molecule has 1 aliphatic heterocycles. The number of nitrogens with one attached hydrogen (secondary N) is 1. The molecule has 0 aromatic heterocycles. The first-order valence-corrected chi connectivity index (χ1v) is 18.4. The number of methoxy groups -OCH3 is 1. The molecular formula is C31H47N2O12PS. The number of aliphatic hydroxyl groups is 1. The zero-order valence-corrected chi connectivity index (χ0v) is 29.4. The first kappa shape index (κ1) is 38.7. The van der Waals surface area contributed by atoms with Gasteiger partial charge in [-0.25, -0.2) is 13.2 Å². The molecular weight excluding hydrogens is 655 g/mol. The van der Waals surface area contributed by atoms with Crippen LogP contribution in [0.1, 0.15) is 32.8 Å². The van der Waals surface area contributed by atoms with E-state index in [4.69, 9.17) is 32.7 Å². The smallest absolute Gasteiger partial charge is 0.407 e. The van der Waals surface area contributed by atoms with Crippen LogP contribution in [0.2, 0.25) is 0 Å². The molecule has 1 fully saturated rings. The van der Waals surface area contributed by atoms with Crippen LogP contribution in [0.25, 0.3) is 0 Å². The van der Waals surface area contributed by atoms with Gasteiger partial charge in [0.1, 0.15) is 17.6 Å². The fraction of sp³-hybridized carbons (Fsp3) is 0.581. The van der Waals surface area contributed by atoms with Crippen LogP contribution >= 0.6 is 7.60 Å². The molecule has 0 spiro atoms. The van der Waals surface area contributed by atoms with Gasteiger partial charge < -0.3 is 43.2 Å². The molecule has 0 saturated carbocycles. The average Bonchev–Trinajstić information content (AvgIpc) is 3.49. The van der Waals surface area contributed by atoms with Gasteiger partial charge in [0.25, 0.3) is 0 Å². The molecule has 16 heteroatoms. The van der Waals surface area contributed by atoms with Gasteiger partial charge in [0.05, 0.1) is 30.8 Å². The van der Waals surface area contributed by atoms with Gasteiger partial charge in [0, 0.05) is 40.3 Å². The first-order chi connectivity index (χ1) is 22.3. The molecule has 0 radical (unpaired) electrons. The number of benzene rings is 2. The molecule has 0 unspecified atom stereocenters. The van der Waals surface area contributed by atoms with E-state index in [-0.39, 0.29) is 43.3 Å². The van der Waals surface area contributed by atoms with Gasteiger partial charge in [0.15, 0.2) is 12.6 Å². The maximum absolute atomic E-state index is 13.7. The second kappa shape index (κ2) is 18.1. The Hall–Kier alpha value is -2.75. The lowest BCUT2D eigenvalue weighted by atomic mass is 10.0. The highest BCUT2D eigenvalue weighted by atomic mass is 32.2. The maximum Gasteiger partial charge on any atom is 0.407 e. The van der Waals surface area contributed by atoms with Gasteiger partial charge >= 0.3 is 13.7 Å². The monoisotopic (exact) mass is 702 g/mol. The van der Waals surface area contributed by atoms with E-state index in [2.05, 4.69) is 5.32 Å². The number of carbonyl (C=O) groups excluding carboxylic acids is 1. The fourth-order valence-corrected chi connectivity index (χ4v) is 7.08. The van der Waals surface area contributed by atoms with Crippen LogP contribution in [0, 0.1) is 5.92 Å². The van der Waals surface area contributed by atoms with Gasteiger partial charge in [-0.2, -0.15) is 4.31 Å². The summed E-state index contributed by atoms with van der Waals surface area (Å²) < 4.78 is 78.0. The number of nitrogens with zero attached hydrogens (tertiary/aromatic N) is 1. The average molecular weight is 703 g/mol. The predicted octanol–water partition coefficient (Wildman–Crippen LogP) is 4.01. The highest BCUT2D eigenvalue weighted by Gasteiger charge is 2.33. The first-order valence-electron chi connectivity index (χ1n) is 15.3. The molecule has 1 heterocycles. The van der Waals surface area contributed by atoms with Crippen molar-refractivity contribution >= 4 is 23.7 Å². The summed E-state index contributed by atoms with van der Waals surface area (Å²) in [5.74, 6) is 0.836. The van der Waals surface area contributed by atoms with Crippen LogP contribution < -0.4 is 14.8 Å². The van der Waals surface area contributed by atoms with Crippen molar-refractivity contribution in [3.05, 3.63) is 54.1 Å². The second-order valence-corrected chi connectivity index (χ2v) is 15.4. The predicted molar refractivity (Wildman–Crippen MR) is 173 cm³/mol. The summed E-state index contributed by atoms with van der Waals surface area (Å²) in [6.07, 6.45) is -2.97. The number of ether oxygens (including phenoxy) is 5. The minimum Gasteiger partial charge on any atom is -0.497 e. The number of aliphatic hydroxyl groups excluding tert-OH is 1. The summed E-state index contributed by atoms with van der Waals surface area (Å²) in [5, 5.41) is 14.3. The Kier molecular flexibility index (Phi) is 14.9. The van der Waals surface area contributed by atoms with E-state index in [1.54, 1.807) is 36.4 Å². The van der Waals surface area contributed by atoms with Gasteiger partial charge in [-0.3, -0.25) is 4.57 Å². The third-order valence-corrected chi connectivity index (χ3v) is 10.7. The van der Waals surface area contributed by atoms with Crippen molar-refractivity contribution in [1.82, 2.24) is 9.62 Å². The third-order valence-electron chi connectivity index (χ3n) is 7.30. The lowest BCUT2D eigenvalue weighted by molar-refractivity contribution is -0.106. The Morgan fingerprint density at radius 1 is 1.04 bits per heavy atom. The lowest BCUT2D eigenvalue weighted by Gasteiger charge is -2.30. The summed E-state index contributed by atoms with van der Waals surface area (Å²) in [7, 11) is -3.40. The fourth-order valence-electron chi connectivity index (χ4n) is 4.79. The van der Waals surface area contributed by atoms with Crippen LogP contribution in [0.15, 0.2) is 53.4 Å². The summed E-state index contributed by atoms with van der Waals surface area (Å²) in [6, 6.07) is 11.7. The number of sulfonamides is 1.